The normalized spacial score (nSPS) is 32.6. The monoisotopic (exact) mass is 245 g/mol. The van der Waals surface area contributed by atoms with Gasteiger partial charge in [0.05, 0.1) is 5.60 Å². The third kappa shape index (κ3) is 4.64. The summed E-state index contributed by atoms with van der Waals surface area (Å²) in [4.78, 5) is 0. The first kappa shape index (κ1) is 14.3. The summed E-state index contributed by atoms with van der Waals surface area (Å²) in [6, 6.07) is 0.656. The van der Waals surface area contributed by atoms with E-state index in [2.05, 4.69) is 32.3 Å². The summed E-state index contributed by atoms with van der Waals surface area (Å²) in [6.07, 6.45) is 5.63. The molecule has 1 aliphatic heterocycles. The summed E-state index contributed by atoms with van der Waals surface area (Å²) in [5, 5.41) is 3.70. The summed E-state index contributed by atoms with van der Waals surface area (Å²) in [5.41, 5.74) is 0.110. The zero-order valence-corrected chi connectivity index (χ0v) is 12.0. The van der Waals surface area contributed by atoms with Crippen LogP contribution >= 0.6 is 11.8 Å². The second-order valence-corrected chi connectivity index (χ2v) is 6.22. The van der Waals surface area contributed by atoms with Gasteiger partial charge in [-0.15, -0.1) is 0 Å². The Bertz CT molecular complexity index is 200. The minimum absolute atomic E-state index is 0.110. The van der Waals surface area contributed by atoms with Crippen LogP contribution < -0.4 is 5.32 Å². The molecule has 0 aliphatic carbocycles. The van der Waals surface area contributed by atoms with E-state index in [1.807, 2.05) is 11.8 Å². The highest BCUT2D eigenvalue weighted by molar-refractivity contribution is 7.98. The van der Waals surface area contributed by atoms with Crippen LogP contribution in [0.4, 0.5) is 0 Å². The standard InChI is InChI=1S/C13H27NOS/c1-5-13(3)8-12(6-7-15-13)14-9-11(2)10-16-4/h11-12,14H,5-10H2,1-4H3. The van der Waals surface area contributed by atoms with E-state index < -0.39 is 0 Å². The summed E-state index contributed by atoms with van der Waals surface area (Å²) >= 11 is 1.94. The molecular formula is C13H27NOS. The lowest BCUT2D eigenvalue weighted by atomic mass is 9.90. The second kappa shape index (κ2) is 6.87. The smallest absolute Gasteiger partial charge is 0.0666 e. The van der Waals surface area contributed by atoms with Gasteiger partial charge in [0.2, 0.25) is 0 Å². The summed E-state index contributed by atoms with van der Waals surface area (Å²) < 4.78 is 5.86. The molecule has 3 heteroatoms. The van der Waals surface area contributed by atoms with E-state index in [1.165, 1.54) is 12.2 Å². The van der Waals surface area contributed by atoms with Crippen LogP contribution in [0.15, 0.2) is 0 Å². The molecule has 1 fully saturated rings. The maximum absolute atomic E-state index is 5.86. The van der Waals surface area contributed by atoms with E-state index in [1.54, 1.807) is 0 Å². The Labute approximate surface area is 105 Å². The van der Waals surface area contributed by atoms with Gasteiger partial charge in [0.25, 0.3) is 0 Å². The Morgan fingerprint density at radius 3 is 2.94 bits per heavy atom. The fourth-order valence-electron chi connectivity index (χ4n) is 2.26. The van der Waals surface area contributed by atoms with Gasteiger partial charge in [-0.3, -0.25) is 0 Å². The van der Waals surface area contributed by atoms with Crippen LogP contribution in [0.1, 0.15) is 40.0 Å². The summed E-state index contributed by atoms with van der Waals surface area (Å²) in [5.74, 6) is 2.02. The van der Waals surface area contributed by atoms with Crippen LogP contribution in [-0.4, -0.2) is 36.8 Å². The third-order valence-electron chi connectivity index (χ3n) is 3.55. The molecule has 0 spiro atoms. The molecule has 0 saturated carbocycles. The van der Waals surface area contributed by atoms with Crippen LogP contribution in [0.2, 0.25) is 0 Å². The maximum Gasteiger partial charge on any atom is 0.0666 e. The predicted octanol–water partition coefficient (Wildman–Crippen LogP) is 2.92. The molecule has 0 radical (unpaired) electrons. The van der Waals surface area contributed by atoms with Crippen molar-refractivity contribution < 1.29 is 4.74 Å². The average Bonchev–Trinajstić information content (AvgIpc) is 2.27. The molecule has 96 valence electrons. The highest BCUT2D eigenvalue weighted by Gasteiger charge is 2.31. The highest BCUT2D eigenvalue weighted by atomic mass is 32.2. The van der Waals surface area contributed by atoms with Crippen molar-refractivity contribution in [3.05, 3.63) is 0 Å². The number of hydrogen-bond donors (Lipinski definition) is 1. The molecular weight excluding hydrogens is 218 g/mol. The number of ether oxygens (including phenoxy) is 1. The molecule has 3 atom stereocenters. The number of nitrogens with one attached hydrogen (secondary N) is 1. The van der Waals surface area contributed by atoms with Gasteiger partial charge in [0.15, 0.2) is 0 Å². The van der Waals surface area contributed by atoms with Crippen LogP contribution in [0, 0.1) is 5.92 Å². The van der Waals surface area contributed by atoms with Gasteiger partial charge in [0, 0.05) is 12.6 Å². The van der Waals surface area contributed by atoms with Crippen molar-refractivity contribution in [2.45, 2.75) is 51.7 Å². The van der Waals surface area contributed by atoms with Crippen molar-refractivity contribution in [3.8, 4) is 0 Å². The molecule has 1 N–H and O–H groups in total. The van der Waals surface area contributed by atoms with E-state index >= 15 is 0 Å². The van der Waals surface area contributed by atoms with Gasteiger partial charge in [-0.25, -0.2) is 0 Å². The largest absolute Gasteiger partial charge is 0.375 e. The predicted molar refractivity (Wildman–Crippen MR) is 73.2 cm³/mol. The molecule has 0 aromatic carbocycles. The van der Waals surface area contributed by atoms with Crippen molar-refractivity contribution in [2.24, 2.45) is 5.92 Å². The van der Waals surface area contributed by atoms with E-state index in [-0.39, 0.29) is 5.60 Å². The maximum atomic E-state index is 5.86. The lowest BCUT2D eigenvalue weighted by Gasteiger charge is -2.38. The van der Waals surface area contributed by atoms with Gasteiger partial charge < -0.3 is 10.1 Å². The molecule has 2 nitrogen and oxygen atoms in total. The fraction of sp³-hybridized carbons (Fsp3) is 1.00. The Morgan fingerprint density at radius 2 is 2.31 bits per heavy atom. The third-order valence-corrected chi connectivity index (χ3v) is 4.45. The minimum atomic E-state index is 0.110. The lowest BCUT2D eigenvalue weighted by Crippen LogP contribution is -2.46. The first-order valence-electron chi connectivity index (χ1n) is 6.46. The van der Waals surface area contributed by atoms with Crippen molar-refractivity contribution in [3.63, 3.8) is 0 Å². The Balaban J connectivity index is 2.27. The van der Waals surface area contributed by atoms with Gasteiger partial charge in [0.1, 0.15) is 0 Å². The Morgan fingerprint density at radius 1 is 1.56 bits per heavy atom. The van der Waals surface area contributed by atoms with Crippen LogP contribution in [0.25, 0.3) is 0 Å². The van der Waals surface area contributed by atoms with Crippen molar-refractivity contribution in [1.29, 1.82) is 0 Å². The first-order chi connectivity index (χ1) is 7.59. The quantitative estimate of drug-likeness (QED) is 0.777. The number of rotatable bonds is 6. The molecule has 0 aromatic heterocycles. The van der Waals surface area contributed by atoms with Gasteiger partial charge in [-0.1, -0.05) is 13.8 Å². The molecule has 1 saturated heterocycles. The van der Waals surface area contributed by atoms with Crippen molar-refractivity contribution >= 4 is 11.8 Å². The molecule has 1 aliphatic rings. The van der Waals surface area contributed by atoms with Crippen molar-refractivity contribution in [1.82, 2.24) is 5.32 Å². The molecule has 1 rings (SSSR count). The summed E-state index contributed by atoms with van der Waals surface area (Å²) in [7, 11) is 0. The molecule has 0 amide bonds. The van der Waals surface area contributed by atoms with Gasteiger partial charge >= 0.3 is 0 Å². The minimum Gasteiger partial charge on any atom is -0.375 e. The van der Waals surface area contributed by atoms with E-state index in [4.69, 9.17) is 4.74 Å². The van der Waals surface area contributed by atoms with Crippen LogP contribution in [0.5, 0.6) is 0 Å². The zero-order valence-electron chi connectivity index (χ0n) is 11.2. The molecule has 1 heterocycles. The second-order valence-electron chi connectivity index (χ2n) is 5.31. The van der Waals surface area contributed by atoms with Crippen molar-refractivity contribution in [2.75, 3.05) is 25.2 Å². The first-order valence-corrected chi connectivity index (χ1v) is 7.85. The van der Waals surface area contributed by atoms with E-state index in [9.17, 15) is 0 Å². The average molecular weight is 245 g/mol. The van der Waals surface area contributed by atoms with Gasteiger partial charge in [-0.2, -0.15) is 11.8 Å². The summed E-state index contributed by atoms with van der Waals surface area (Å²) in [6.45, 7) is 8.84. The van der Waals surface area contributed by atoms with E-state index in [0.717, 1.165) is 31.9 Å². The molecule has 16 heavy (non-hydrogen) atoms. The zero-order chi connectivity index (χ0) is 12.0. The Hall–Kier alpha value is 0.270. The number of thioether (sulfide) groups is 1. The molecule has 0 aromatic rings. The van der Waals surface area contributed by atoms with E-state index in [0.29, 0.717) is 6.04 Å². The molecule has 0 bridgehead atoms. The SMILES string of the molecule is CCC1(C)CC(NCC(C)CSC)CCO1. The number of hydrogen-bond acceptors (Lipinski definition) is 3. The lowest BCUT2D eigenvalue weighted by molar-refractivity contribution is -0.0781. The van der Waals surface area contributed by atoms with Crippen LogP contribution in [0.3, 0.4) is 0 Å². The highest BCUT2D eigenvalue weighted by Crippen LogP contribution is 2.27. The fourth-order valence-corrected chi connectivity index (χ4v) is 2.95. The Kier molecular flexibility index (Phi) is 6.16. The molecule has 3 unspecified atom stereocenters. The van der Waals surface area contributed by atoms with Crippen LogP contribution in [-0.2, 0) is 4.74 Å². The van der Waals surface area contributed by atoms with Gasteiger partial charge in [-0.05, 0) is 50.7 Å². The topological polar surface area (TPSA) is 21.3 Å².